The van der Waals surface area contributed by atoms with Gasteiger partial charge in [-0.25, -0.2) is 14.6 Å². The Hall–Kier alpha value is -5.19. The number of benzene rings is 2. The summed E-state index contributed by atoms with van der Waals surface area (Å²) in [5.41, 5.74) is 1.23. The number of esters is 1. The second-order valence-electron chi connectivity index (χ2n) is 8.25. The maximum absolute atomic E-state index is 13.2. The molecule has 0 amide bonds. The molecule has 0 aliphatic rings. The molecule has 2 N–H and O–H groups in total. The van der Waals surface area contributed by atoms with Crippen molar-refractivity contribution in [2.24, 2.45) is 25.0 Å². The monoisotopic (exact) mass is 498 g/mol. The molecular formula is C26H22N6O5. The molecular weight excluding hydrogens is 476 g/mol. The quantitative estimate of drug-likeness (QED) is 0.124. The molecule has 0 saturated heterocycles. The van der Waals surface area contributed by atoms with E-state index in [1.807, 2.05) is 30.3 Å². The Morgan fingerprint density at radius 2 is 1.73 bits per heavy atom. The summed E-state index contributed by atoms with van der Waals surface area (Å²) in [4.78, 5) is 42.6. The number of nitrogens with two attached hydrogens (primary N) is 1. The summed E-state index contributed by atoms with van der Waals surface area (Å²) in [5.74, 6) is 5.86. The highest BCUT2D eigenvalue weighted by atomic mass is 16.5. The predicted octanol–water partition coefficient (Wildman–Crippen LogP) is 2.01. The molecule has 0 radical (unpaired) electrons. The number of hydrogen-bond donors (Lipinski definition) is 1. The Labute approximate surface area is 209 Å². The van der Waals surface area contributed by atoms with Crippen LogP contribution < -0.4 is 21.8 Å². The van der Waals surface area contributed by atoms with Gasteiger partial charge in [0.2, 0.25) is 5.76 Å². The van der Waals surface area contributed by atoms with Crippen molar-refractivity contribution < 1.29 is 13.9 Å². The molecule has 0 spiro atoms. The first kappa shape index (κ1) is 23.5. The summed E-state index contributed by atoms with van der Waals surface area (Å²) in [6.45, 7) is 0.290. The van der Waals surface area contributed by atoms with Gasteiger partial charge in [0.25, 0.3) is 5.56 Å². The van der Waals surface area contributed by atoms with Gasteiger partial charge in [0.15, 0.2) is 17.0 Å². The van der Waals surface area contributed by atoms with Crippen molar-refractivity contribution in [1.82, 2.24) is 18.7 Å². The zero-order valence-electron chi connectivity index (χ0n) is 20.0. The number of nitrogens with zero attached hydrogens (tertiary/aromatic N) is 5. The number of carbonyl (C=O) groups is 1. The van der Waals surface area contributed by atoms with Crippen LogP contribution in [0, 0.1) is 0 Å². The van der Waals surface area contributed by atoms with Crippen molar-refractivity contribution in [3.63, 3.8) is 0 Å². The first-order chi connectivity index (χ1) is 17.9. The highest BCUT2D eigenvalue weighted by Crippen LogP contribution is 2.21. The van der Waals surface area contributed by atoms with Crippen molar-refractivity contribution in [2.45, 2.75) is 6.54 Å². The van der Waals surface area contributed by atoms with Crippen molar-refractivity contribution in [3.8, 4) is 5.75 Å². The summed E-state index contributed by atoms with van der Waals surface area (Å²) in [7, 11) is 2.97. The van der Waals surface area contributed by atoms with Crippen molar-refractivity contribution >= 4 is 22.8 Å². The molecule has 0 atom stereocenters. The summed E-state index contributed by atoms with van der Waals surface area (Å²) in [6.07, 6.45) is 1.38. The molecule has 0 bridgehead atoms. The van der Waals surface area contributed by atoms with E-state index in [-0.39, 0.29) is 34.9 Å². The number of imidazole rings is 1. The molecule has 37 heavy (non-hydrogen) atoms. The number of furan rings is 1. The minimum Gasteiger partial charge on any atom is -0.457 e. The maximum atomic E-state index is 13.2. The van der Waals surface area contributed by atoms with Crippen LogP contribution in [0.3, 0.4) is 0 Å². The van der Waals surface area contributed by atoms with Crippen LogP contribution in [0.5, 0.6) is 5.75 Å². The van der Waals surface area contributed by atoms with Gasteiger partial charge in [0.1, 0.15) is 11.5 Å². The van der Waals surface area contributed by atoms with E-state index >= 15 is 0 Å². The van der Waals surface area contributed by atoms with E-state index in [4.69, 9.17) is 15.0 Å². The van der Waals surface area contributed by atoms with Crippen LogP contribution in [-0.2, 0) is 20.6 Å². The first-order valence-electron chi connectivity index (χ1n) is 11.2. The van der Waals surface area contributed by atoms with E-state index in [1.165, 1.54) is 23.9 Å². The minimum absolute atomic E-state index is 0.0788. The van der Waals surface area contributed by atoms with Gasteiger partial charge in [-0.3, -0.25) is 13.9 Å². The Kier molecular flexibility index (Phi) is 6.02. The van der Waals surface area contributed by atoms with E-state index in [9.17, 15) is 14.4 Å². The van der Waals surface area contributed by atoms with Crippen LogP contribution >= 0.6 is 0 Å². The SMILES string of the molecule is Cn1c(=O)c2c(nc(/C(=N/N)c3ccc(OC(=O)c4ccco4)cc3)n2Cc2ccccc2)n(C)c1=O. The third kappa shape index (κ3) is 4.22. The minimum atomic E-state index is -0.633. The molecule has 186 valence electrons. The second-order valence-corrected chi connectivity index (χ2v) is 8.25. The molecule has 0 saturated carbocycles. The smallest absolute Gasteiger partial charge is 0.379 e. The topological polar surface area (TPSA) is 140 Å². The molecule has 5 aromatic rings. The molecule has 0 unspecified atom stereocenters. The van der Waals surface area contributed by atoms with Crippen LogP contribution in [0.2, 0.25) is 0 Å². The lowest BCUT2D eigenvalue weighted by Gasteiger charge is -2.12. The highest BCUT2D eigenvalue weighted by Gasteiger charge is 2.23. The van der Waals surface area contributed by atoms with Crippen molar-refractivity contribution in [3.05, 3.63) is 117 Å². The summed E-state index contributed by atoms with van der Waals surface area (Å²) < 4.78 is 14.4. The molecule has 0 aliphatic carbocycles. The zero-order valence-corrected chi connectivity index (χ0v) is 20.0. The summed E-state index contributed by atoms with van der Waals surface area (Å²) >= 11 is 0. The lowest BCUT2D eigenvalue weighted by atomic mass is 10.1. The molecule has 3 heterocycles. The van der Waals surface area contributed by atoms with Gasteiger partial charge in [-0.05, 0) is 42.0 Å². The third-order valence-electron chi connectivity index (χ3n) is 5.93. The van der Waals surface area contributed by atoms with Crippen LogP contribution in [0.25, 0.3) is 11.2 Å². The molecule has 11 nitrogen and oxygen atoms in total. The van der Waals surface area contributed by atoms with Crippen LogP contribution in [0.1, 0.15) is 27.5 Å². The molecule has 0 aliphatic heterocycles. The summed E-state index contributed by atoms with van der Waals surface area (Å²) in [6, 6.07) is 19.1. The second kappa shape index (κ2) is 9.46. The first-order valence-corrected chi connectivity index (χ1v) is 11.2. The van der Waals surface area contributed by atoms with Gasteiger partial charge in [0.05, 0.1) is 6.26 Å². The van der Waals surface area contributed by atoms with Crippen molar-refractivity contribution in [1.29, 1.82) is 0 Å². The fourth-order valence-electron chi connectivity index (χ4n) is 4.04. The maximum Gasteiger partial charge on any atom is 0.379 e. The van der Waals surface area contributed by atoms with E-state index in [0.29, 0.717) is 11.4 Å². The average Bonchev–Trinajstić information content (AvgIpc) is 3.58. The van der Waals surface area contributed by atoms with Crippen LogP contribution in [-0.4, -0.2) is 30.4 Å². The number of hydrazone groups is 1. The van der Waals surface area contributed by atoms with Gasteiger partial charge < -0.3 is 19.6 Å². The largest absolute Gasteiger partial charge is 0.457 e. The standard InChI is InChI=1S/C26H22N6O5/c1-30-23-21(24(33)31(2)26(30)35)32(15-16-7-4-3-5-8-16)22(28-23)20(29-27)17-10-12-18(13-11-17)37-25(34)19-9-6-14-36-19/h3-14H,15,27H2,1-2H3/b29-20+. The van der Waals surface area contributed by atoms with E-state index < -0.39 is 17.2 Å². The fraction of sp³-hybridized carbons (Fsp3) is 0.115. The van der Waals surface area contributed by atoms with E-state index in [2.05, 4.69) is 10.1 Å². The van der Waals surface area contributed by atoms with Crippen LogP contribution in [0.15, 0.2) is 92.1 Å². The van der Waals surface area contributed by atoms with Gasteiger partial charge in [-0.2, -0.15) is 5.10 Å². The Morgan fingerprint density at radius 1 is 1.00 bits per heavy atom. The lowest BCUT2D eigenvalue weighted by molar-refractivity contribution is 0.0701. The Morgan fingerprint density at radius 3 is 2.38 bits per heavy atom. The number of aryl methyl sites for hydroxylation is 1. The fourth-order valence-corrected chi connectivity index (χ4v) is 4.04. The van der Waals surface area contributed by atoms with Gasteiger partial charge in [0, 0.05) is 26.2 Å². The van der Waals surface area contributed by atoms with Crippen molar-refractivity contribution in [2.75, 3.05) is 0 Å². The Balaban J connectivity index is 1.60. The third-order valence-corrected chi connectivity index (χ3v) is 5.93. The lowest BCUT2D eigenvalue weighted by Crippen LogP contribution is -2.37. The molecule has 5 rings (SSSR count). The number of aromatic nitrogens is 4. The van der Waals surface area contributed by atoms with Gasteiger partial charge in [-0.15, -0.1) is 0 Å². The van der Waals surface area contributed by atoms with E-state index in [1.54, 1.807) is 41.9 Å². The number of hydrogen-bond acceptors (Lipinski definition) is 8. The number of carbonyl (C=O) groups excluding carboxylic acids is 1. The molecule has 2 aromatic carbocycles. The molecule has 3 aromatic heterocycles. The summed E-state index contributed by atoms with van der Waals surface area (Å²) in [5, 5.41) is 3.98. The molecule has 11 heteroatoms. The molecule has 0 fully saturated rings. The number of ether oxygens (including phenoxy) is 1. The van der Waals surface area contributed by atoms with Crippen LogP contribution in [0.4, 0.5) is 0 Å². The normalized spacial score (nSPS) is 11.7. The highest BCUT2D eigenvalue weighted by molar-refractivity contribution is 6.12. The van der Waals surface area contributed by atoms with Gasteiger partial charge >= 0.3 is 11.7 Å². The number of fused-ring (bicyclic) bond motifs is 1. The number of rotatable bonds is 6. The zero-order chi connectivity index (χ0) is 26.1. The average molecular weight is 498 g/mol. The van der Waals surface area contributed by atoms with Gasteiger partial charge in [-0.1, -0.05) is 30.3 Å². The van der Waals surface area contributed by atoms with E-state index in [0.717, 1.165) is 10.1 Å². The Bertz CT molecular complexity index is 1740. The predicted molar refractivity (Wildman–Crippen MR) is 136 cm³/mol.